The second-order valence-electron chi connectivity index (χ2n) is 6.55. The topological polar surface area (TPSA) is 112 Å². The molecule has 0 aliphatic rings. The van der Waals surface area contributed by atoms with Crippen molar-refractivity contribution in [2.45, 2.75) is 40.7 Å². The highest BCUT2D eigenvalue weighted by Crippen LogP contribution is 2.04. The third-order valence-corrected chi connectivity index (χ3v) is 3.94. The molecule has 10 nitrogen and oxygen atoms in total. The van der Waals surface area contributed by atoms with Crippen LogP contribution in [-0.2, 0) is 38.1 Å². The molecule has 29 heavy (non-hydrogen) atoms. The molecule has 0 N–H and O–H groups in total. The zero-order valence-electron chi connectivity index (χ0n) is 18.1. The van der Waals surface area contributed by atoms with E-state index in [4.69, 9.17) is 18.9 Å². The maximum atomic E-state index is 11.0. The largest absolute Gasteiger partial charge is 0.465 e. The molecular formula is C19H34N2O8. The Hall–Kier alpha value is -2.20. The van der Waals surface area contributed by atoms with Crippen LogP contribution in [0, 0.1) is 0 Å². The summed E-state index contributed by atoms with van der Waals surface area (Å²) in [7, 11) is 0. The molecule has 0 rings (SSSR count). The van der Waals surface area contributed by atoms with Gasteiger partial charge in [0, 0.05) is 66.5 Å². The second-order valence-corrected chi connectivity index (χ2v) is 6.55. The molecule has 0 spiro atoms. The first kappa shape index (κ1) is 26.8. The van der Waals surface area contributed by atoms with Crippen molar-refractivity contribution < 1.29 is 38.1 Å². The van der Waals surface area contributed by atoms with Gasteiger partial charge in [-0.25, -0.2) is 0 Å². The molecule has 0 aromatic carbocycles. The number of esters is 4. The highest BCUT2D eigenvalue weighted by Gasteiger charge is 2.18. The Morgan fingerprint density at radius 3 is 1.24 bits per heavy atom. The van der Waals surface area contributed by atoms with Gasteiger partial charge >= 0.3 is 23.9 Å². The summed E-state index contributed by atoms with van der Waals surface area (Å²) >= 11 is 0. The van der Waals surface area contributed by atoms with Crippen molar-refractivity contribution in [3.8, 4) is 0 Å². The Kier molecular flexibility index (Phi) is 14.5. The van der Waals surface area contributed by atoms with E-state index in [0.29, 0.717) is 32.7 Å². The molecule has 0 aromatic rings. The fourth-order valence-electron chi connectivity index (χ4n) is 2.59. The minimum Gasteiger partial charge on any atom is -0.465 e. The fraction of sp³-hybridized carbons (Fsp3) is 0.789. The molecule has 0 saturated heterocycles. The van der Waals surface area contributed by atoms with Gasteiger partial charge in [-0.2, -0.15) is 0 Å². The van der Waals surface area contributed by atoms with Crippen molar-refractivity contribution in [3.63, 3.8) is 0 Å². The summed E-state index contributed by atoms with van der Waals surface area (Å²) < 4.78 is 20.1. The molecular weight excluding hydrogens is 384 g/mol. The molecule has 10 heteroatoms. The van der Waals surface area contributed by atoms with Crippen LogP contribution in [0.4, 0.5) is 0 Å². The number of hydrogen-bond donors (Lipinski definition) is 0. The third kappa shape index (κ3) is 16.5. The van der Waals surface area contributed by atoms with Gasteiger partial charge in [0.25, 0.3) is 0 Å². The maximum Gasteiger partial charge on any atom is 0.302 e. The Morgan fingerprint density at radius 2 is 0.931 bits per heavy atom. The SMILES string of the molecule is CC(=O)OCCN(CCOC(C)=O)CC(C)N(CCOC(C)=O)CCOC(C)=O. The Bertz CT molecular complexity index is 486. The molecule has 168 valence electrons. The first-order valence-electron chi connectivity index (χ1n) is 9.61. The quantitative estimate of drug-likeness (QED) is 0.271. The van der Waals surface area contributed by atoms with Crippen LogP contribution in [0.15, 0.2) is 0 Å². The van der Waals surface area contributed by atoms with E-state index in [0.717, 1.165) is 0 Å². The minimum atomic E-state index is -0.359. The van der Waals surface area contributed by atoms with Crippen LogP contribution in [0.2, 0.25) is 0 Å². The second kappa shape index (κ2) is 15.7. The number of hydrogen-bond acceptors (Lipinski definition) is 10. The van der Waals surface area contributed by atoms with Crippen LogP contribution in [0.3, 0.4) is 0 Å². The third-order valence-electron chi connectivity index (χ3n) is 3.94. The minimum absolute atomic E-state index is 0.00997. The lowest BCUT2D eigenvalue weighted by Gasteiger charge is -2.33. The summed E-state index contributed by atoms with van der Waals surface area (Å²) in [5, 5.41) is 0. The summed E-state index contributed by atoms with van der Waals surface area (Å²) in [5.74, 6) is -1.44. The predicted octanol–water partition coefficient (Wildman–Crippen LogP) is 0.231. The Balaban J connectivity index is 4.83. The van der Waals surface area contributed by atoms with Crippen LogP contribution in [0.25, 0.3) is 0 Å². The van der Waals surface area contributed by atoms with Crippen molar-refractivity contribution in [2.75, 3.05) is 59.2 Å². The molecule has 0 amide bonds. The smallest absolute Gasteiger partial charge is 0.302 e. The summed E-state index contributed by atoms with van der Waals surface area (Å²) in [6.07, 6.45) is 0. The maximum absolute atomic E-state index is 11.0. The monoisotopic (exact) mass is 418 g/mol. The van der Waals surface area contributed by atoms with Crippen LogP contribution in [0.5, 0.6) is 0 Å². The van der Waals surface area contributed by atoms with Crippen LogP contribution in [0.1, 0.15) is 34.6 Å². The number of nitrogens with zero attached hydrogens (tertiary/aromatic N) is 2. The summed E-state index contributed by atoms with van der Waals surface area (Å²) in [4.78, 5) is 48.1. The van der Waals surface area contributed by atoms with Crippen LogP contribution >= 0.6 is 0 Å². The van der Waals surface area contributed by atoms with Crippen molar-refractivity contribution in [3.05, 3.63) is 0 Å². The van der Waals surface area contributed by atoms with Gasteiger partial charge in [-0.1, -0.05) is 0 Å². The molecule has 0 heterocycles. The van der Waals surface area contributed by atoms with Crippen LogP contribution < -0.4 is 0 Å². The van der Waals surface area contributed by atoms with E-state index >= 15 is 0 Å². The molecule has 0 bridgehead atoms. The van der Waals surface area contributed by atoms with Gasteiger partial charge in [0.15, 0.2) is 0 Å². The fourth-order valence-corrected chi connectivity index (χ4v) is 2.59. The predicted molar refractivity (Wildman–Crippen MR) is 104 cm³/mol. The van der Waals surface area contributed by atoms with Crippen molar-refractivity contribution in [2.24, 2.45) is 0 Å². The summed E-state index contributed by atoms with van der Waals surface area (Å²) in [6.45, 7) is 10.8. The zero-order chi connectivity index (χ0) is 22.2. The lowest BCUT2D eigenvalue weighted by molar-refractivity contribution is -0.144. The lowest BCUT2D eigenvalue weighted by Crippen LogP contribution is -2.46. The number of rotatable bonds is 15. The van der Waals surface area contributed by atoms with E-state index in [1.807, 2.05) is 16.7 Å². The van der Waals surface area contributed by atoms with E-state index in [1.54, 1.807) is 0 Å². The normalized spacial score (nSPS) is 11.8. The number of carbonyl (C=O) groups is 4. The molecule has 0 radical (unpaired) electrons. The Morgan fingerprint density at radius 1 is 0.621 bits per heavy atom. The molecule has 0 fully saturated rings. The van der Waals surface area contributed by atoms with Gasteiger partial charge in [-0.05, 0) is 6.92 Å². The zero-order valence-corrected chi connectivity index (χ0v) is 18.1. The van der Waals surface area contributed by atoms with Gasteiger partial charge in [-0.3, -0.25) is 29.0 Å². The molecule has 0 saturated carbocycles. The van der Waals surface area contributed by atoms with Gasteiger partial charge in [0.1, 0.15) is 26.4 Å². The molecule has 1 atom stereocenters. The van der Waals surface area contributed by atoms with E-state index in [-0.39, 0.29) is 56.3 Å². The van der Waals surface area contributed by atoms with E-state index < -0.39 is 0 Å². The van der Waals surface area contributed by atoms with E-state index in [1.165, 1.54) is 27.7 Å². The molecule has 0 aliphatic heterocycles. The van der Waals surface area contributed by atoms with Gasteiger partial charge in [0.05, 0.1) is 0 Å². The average molecular weight is 418 g/mol. The van der Waals surface area contributed by atoms with Gasteiger partial charge < -0.3 is 18.9 Å². The highest BCUT2D eigenvalue weighted by atomic mass is 16.5. The van der Waals surface area contributed by atoms with Gasteiger partial charge in [-0.15, -0.1) is 0 Å². The van der Waals surface area contributed by atoms with Crippen molar-refractivity contribution in [1.82, 2.24) is 9.80 Å². The number of carbonyl (C=O) groups excluding carboxylic acids is 4. The molecule has 1 unspecified atom stereocenters. The van der Waals surface area contributed by atoms with Gasteiger partial charge in [0.2, 0.25) is 0 Å². The first-order valence-corrected chi connectivity index (χ1v) is 9.61. The van der Waals surface area contributed by atoms with E-state index in [2.05, 4.69) is 0 Å². The Labute approximate surface area is 172 Å². The molecule has 0 aromatic heterocycles. The van der Waals surface area contributed by atoms with Crippen molar-refractivity contribution >= 4 is 23.9 Å². The standard InChI is InChI=1S/C19H34N2O8/c1-15(21(8-12-28-18(4)24)9-13-29-19(5)25)14-20(6-10-26-16(2)22)7-11-27-17(3)23/h15H,6-14H2,1-5H3. The summed E-state index contributed by atoms with van der Waals surface area (Å²) in [5.41, 5.74) is 0. The average Bonchev–Trinajstić information content (AvgIpc) is 2.58. The lowest BCUT2D eigenvalue weighted by atomic mass is 10.2. The van der Waals surface area contributed by atoms with Crippen LogP contribution in [-0.4, -0.2) is 98.9 Å². The first-order chi connectivity index (χ1) is 13.6. The molecule has 0 aliphatic carbocycles. The number of ether oxygens (including phenoxy) is 4. The summed E-state index contributed by atoms with van der Waals surface area (Å²) in [6, 6.07) is 0.00997. The van der Waals surface area contributed by atoms with E-state index in [9.17, 15) is 19.2 Å². The van der Waals surface area contributed by atoms with Crippen molar-refractivity contribution in [1.29, 1.82) is 0 Å². The highest BCUT2D eigenvalue weighted by molar-refractivity contribution is 5.66.